The van der Waals surface area contributed by atoms with Crippen molar-refractivity contribution < 1.29 is 13.2 Å². The summed E-state index contributed by atoms with van der Waals surface area (Å²) in [6.07, 6.45) is 2.81. The molecule has 2 aromatic carbocycles. The number of anilines is 1. The molecule has 1 aliphatic rings. The first kappa shape index (κ1) is 19.6. The summed E-state index contributed by atoms with van der Waals surface area (Å²) in [7, 11) is -3.56. The number of nitrogens with one attached hydrogen (secondary N) is 2. The fourth-order valence-electron chi connectivity index (χ4n) is 3.78. The zero-order chi connectivity index (χ0) is 21.4. The molecule has 1 aliphatic heterocycles. The van der Waals surface area contributed by atoms with Crippen molar-refractivity contribution in [1.82, 2.24) is 24.5 Å². The molecule has 0 unspecified atom stereocenters. The number of rotatable bonds is 4. The van der Waals surface area contributed by atoms with E-state index in [1.54, 1.807) is 42.5 Å². The number of carbonyl (C=O) groups is 1. The molecule has 0 bridgehead atoms. The molecule has 0 spiro atoms. The van der Waals surface area contributed by atoms with E-state index in [0.29, 0.717) is 40.7 Å². The monoisotopic (exact) mass is 436 g/mol. The lowest BCUT2D eigenvalue weighted by molar-refractivity contribution is 0.102. The summed E-state index contributed by atoms with van der Waals surface area (Å²) in [6, 6.07) is 13.6. The van der Waals surface area contributed by atoms with E-state index in [9.17, 15) is 13.2 Å². The first-order chi connectivity index (χ1) is 15.0. The third-order valence-corrected chi connectivity index (χ3v) is 7.29. The molecule has 1 fully saturated rings. The minimum Gasteiger partial charge on any atom is -0.338 e. The first-order valence-corrected chi connectivity index (χ1v) is 11.5. The van der Waals surface area contributed by atoms with Gasteiger partial charge < -0.3 is 4.98 Å². The highest BCUT2D eigenvalue weighted by molar-refractivity contribution is 7.89. The second-order valence-electron chi connectivity index (χ2n) is 7.45. The van der Waals surface area contributed by atoms with Crippen LogP contribution in [-0.2, 0) is 10.0 Å². The molecular weight excluding hydrogens is 416 g/mol. The molecule has 1 saturated heterocycles. The quantitative estimate of drug-likeness (QED) is 0.507. The van der Waals surface area contributed by atoms with Crippen molar-refractivity contribution in [3.8, 4) is 0 Å². The van der Waals surface area contributed by atoms with Crippen LogP contribution in [0.3, 0.4) is 0 Å². The number of piperidine rings is 1. The zero-order valence-electron chi connectivity index (χ0n) is 16.6. The summed E-state index contributed by atoms with van der Waals surface area (Å²) in [4.78, 5) is 20.0. The second kappa shape index (κ2) is 7.71. The number of aromatic nitrogens is 4. The summed E-state index contributed by atoms with van der Waals surface area (Å²) < 4.78 is 27.6. The summed E-state index contributed by atoms with van der Waals surface area (Å²) in [6.45, 7) is 1.08. The van der Waals surface area contributed by atoms with Crippen LogP contribution in [-0.4, -0.2) is 51.9 Å². The number of fused-ring (bicyclic) bond motifs is 3. The third-order valence-electron chi connectivity index (χ3n) is 5.40. The van der Waals surface area contributed by atoms with Crippen molar-refractivity contribution in [2.45, 2.75) is 24.2 Å². The lowest BCUT2D eigenvalue weighted by atomic mass is 10.2. The van der Waals surface area contributed by atoms with Crippen molar-refractivity contribution in [3.05, 3.63) is 54.1 Å². The Kier molecular flexibility index (Phi) is 4.87. The van der Waals surface area contributed by atoms with E-state index < -0.39 is 10.0 Å². The number of sulfonamides is 1. The van der Waals surface area contributed by atoms with Gasteiger partial charge in [-0.25, -0.2) is 8.42 Å². The number of H-pyrrole nitrogens is 1. The van der Waals surface area contributed by atoms with Gasteiger partial charge in [-0.1, -0.05) is 24.6 Å². The van der Waals surface area contributed by atoms with Crippen LogP contribution in [0.4, 0.5) is 5.95 Å². The van der Waals surface area contributed by atoms with Gasteiger partial charge in [-0.2, -0.15) is 9.29 Å². The van der Waals surface area contributed by atoms with Crippen molar-refractivity contribution in [2.24, 2.45) is 0 Å². The Morgan fingerprint density at radius 2 is 1.77 bits per heavy atom. The van der Waals surface area contributed by atoms with Gasteiger partial charge in [-0.3, -0.25) is 10.1 Å². The number of nitrogens with zero attached hydrogens (tertiary/aromatic N) is 4. The first-order valence-electron chi connectivity index (χ1n) is 10.0. The highest BCUT2D eigenvalue weighted by Gasteiger charge is 2.26. The van der Waals surface area contributed by atoms with Crippen LogP contribution in [0.2, 0.25) is 0 Å². The maximum absolute atomic E-state index is 13.0. The number of aromatic amines is 1. The normalized spacial score (nSPS) is 15.4. The molecule has 4 aromatic rings. The lowest BCUT2D eigenvalue weighted by Gasteiger charge is -2.25. The molecule has 0 saturated carbocycles. The highest BCUT2D eigenvalue weighted by Crippen LogP contribution is 2.28. The predicted octanol–water partition coefficient (Wildman–Crippen LogP) is 2.93. The van der Waals surface area contributed by atoms with Crippen LogP contribution in [0.25, 0.3) is 22.1 Å². The Balaban J connectivity index is 1.48. The molecule has 2 aromatic heterocycles. The number of amides is 1. The molecule has 31 heavy (non-hydrogen) atoms. The van der Waals surface area contributed by atoms with Crippen LogP contribution < -0.4 is 5.32 Å². The Morgan fingerprint density at radius 1 is 1.00 bits per heavy atom. The van der Waals surface area contributed by atoms with E-state index in [0.717, 1.165) is 19.3 Å². The van der Waals surface area contributed by atoms with Crippen molar-refractivity contribution in [3.63, 3.8) is 0 Å². The highest BCUT2D eigenvalue weighted by atomic mass is 32.2. The Morgan fingerprint density at radius 3 is 2.55 bits per heavy atom. The average molecular weight is 436 g/mol. The largest absolute Gasteiger partial charge is 0.338 e. The van der Waals surface area contributed by atoms with Crippen molar-refractivity contribution in [2.75, 3.05) is 18.4 Å². The molecular formula is C21H20N6O3S. The summed E-state index contributed by atoms with van der Waals surface area (Å²) >= 11 is 0. The zero-order valence-corrected chi connectivity index (χ0v) is 17.4. The van der Waals surface area contributed by atoms with Crippen LogP contribution in [0.1, 0.15) is 29.6 Å². The summed E-state index contributed by atoms with van der Waals surface area (Å²) in [5.74, 6) is -0.276. The van der Waals surface area contributed by atoms with E-state index >= 15 is 0 Å². The molecule has 0 atom stereocenters. The number of benzene rings is 2. The van der Waals surface area contributed by atoms with Crippen LogP contribution in [0.15, 0.2) is 53.4 Å². The van der Waals surface area contributed by atoms with Gasteiger partial charge in [0, 0.05) is 29.6 Å². The van der Waals surface area contributed by atoms with E-state index in [1.807, 2.05) is 6.07 Å². The van der Waals surface area contributed by atoms with Gasteiger partial charge in [0.2, 0.25) is 10.0 Å². The topological polar surface area (TPSA) is 121 Å². The molecule has 0 radical (unpaired) electrons. The molecule has 5 rings (SSSR count). The van der Waals surface area contributed by atoms with Crippen LogP contribution in [0, 0.1) is 0 Å². The SMILES string of the molecule is O=C(Nc1nnc2c(n1)[nH]c1ccc(S(=O)(=O)N3CCCCC3)cc12)c1ccccc1. The Bertz CT molecular complexity index is 1380. The third kappa shape index (κ3) is 3.64. The Labute approximate surface area is 178 Å². The number of hydrogen-bond acceptors (Lipinski definition) is 6. The Hall–Kier alpha value is -3.37. The predicted molar refractivity (Wildman–Crippen MR) is 116 cm³/mol. The lowest BCUT2D eigenvalue weighted by Crippen LogP contribution is -2.35. The van der Waals surface area contributed by atoms with Crippen molar-refractivity contribution in [1.29, 1.82) is 0 Å². The standard InChI is InChI=1S/C21H20N6O3S/c28-20(14-7-3-1-4-8-14)24-21-23-19-18(25-26-21)16-13-15(9-10-17(16)22-19)31(29,30)27-11-5-2-6-12-27/h1,3-4,7-10,13H,2,5-6,11-12H2,(H2,22,23,24,26,28). The van der Waals surface area contributed by atoms with Gasteiger partial charge in [0.05, 0.1) is 4.90 Å². The fraction of sp³-hybridized carbons (Fsp3) is 0.238. The van der Waals surface area contributed by atoms with Gasteiger partial charge in [-0.15, -0.1) is 10.2 Å². The van der Waals surface area contributed by atoms with Gasteiger partial charge >= 0.3 is 0 Å². The molecule has 158 valence electrons. The minimum absolute atomic E-state index is 0.0640. The van der Waals surface area contributed by atoms with E-state index in [4.69, 9.17) is 0 Å². The van der Waals surface area contributed by atoms with Gasteiger partial charge in [0.25, 0.3) is 11.9 Å². The molecule has 2 N–H and O–H groups in total. The van der Waals surface area contributed by atoms with Crippen molar-refractivity contribution >= 4 is 43.9 Å². The maximum Gasteiger partial charge on any atom is 0.258 e. The number of hydrogen-bond donors (Lipinski definition) is 2. The van der Waals surface area contributed by atoms with Gasteiger partial charge in [0.15, 0.2) is 5.65 Å². The minimum atomic E-state index is -3.56. The van der Waals surface area contributed by atoms with Crippen LogP contribution in [0.5, 0.6) is 0 Å². The molecule has 0 aliphatic carbocycles. The van der Waals surface area contributed by atoms with Gasteiger partial charge in [-0.05, 0) is 43.2 Å². The van der Waals surface area contributed by atoms with Gasteiger partial charge in [0.1, 0.15) is 5.52 Å². The summed E-state index contributed by atoms with van der Waals surface area (Å²) in [5, 5.41) is 11.4. The number of carbonyl (C=O) groups excluding carboxylic acids is 1. The average Bonchev–Trinajstić information content (AvgIpc) is 3.17. The second-order valence-corrected chi connectivity index (χ2v) is 9.39. The molecule has 3 heterocycles. The molecule has 10 heteroatoms. The van der Waals surface area contributed by atoms with E-state index in [1.165, 1.54) is 4.31 Å². The smallest absolute Gasteiger partial charge is 0.258 e. The van der Waals surface area contributed by atoms with Crippen LogP contribution >= 0.6 is 0 Å². The molecule has 9 nitrogen and oxygen atoms in total. The molecule has 1 amide bonds. The van der Waals surface area contributed by atoms with E-state index in [-0.39, 0.29) is 16.8 Å². The fourth-order valence-corrected chi connectivity index (χ4v) is 5.33. The van der Waals surface area contributed by atoms with E-state index in [2.05, 4.69) is 25.5 Å². The summed E-state index contributed by atoms with van der Waals surface area (Å²) in [5.41, 5.74) is 2.04. The maximum atomic E-state index is 13.0.